The van der Waals surface area contributed by atoms with Crippen LogP contribution in [0.15, 0.2) is 54.6 Å². The maximum Gasteiger partial charge on any atom is 0.239 e. The zero-order valence-electron chi connectivity index (χ0n) is 16.8. The molecule has 0 aliphatic heterocycles. The number of benzene rings is 2. The van der Waals surface area contributed by atoms with Crippen LogP contribution < -0.4 is 10.6 Å². The Bertz CT molecular complexity index is 874. The molecule has 156 valence electrons. The predicted octanol–water partition coefficient (Wildman–Crippen LogP) is 4.42. The largest absolute Gasteiger partial charge is 0.382 e. The van der Waals surface area contributed by atoms with Crippen LogP contribution in [0.2, 0.25) is 0 Å². The molecular weight excluding hydrogens is 384 g/mol. The van der Waals surface area contributed by atoms with Gasteiger partial charge < -0.3 is 10.6 Å². The van der Waals surface area contributed by atoms with Gasteiger partial charge in [-0.3, -0.25) is 4.79 Å². The van der Waals surface area contributed by atoms with Crippen molar-refractivity contribution in [3.8, 4) is 0 Å². The smallest absolute Gasteiger partial charge is 0.239 e. The van der Waals surface area contributed by atoms with Gasteiger partial charge in [0.05, 0.1) is 5.75 Å². The summed E-state index contributed by atoms with van der Waals surface area (Å²) in [4.78, 5) is 12.2. The summed E-state index contributed by atoms with van der Waals surface area (Å²) in [5.74, 6) is -0.957. The van der Waals surface area contributed by atoms with Crippen LogP contribution in [0.4, 0.5) is 11.4 Å². The summed E-state index contributed by atoms with van der Waals surface area (Å²) in [6.45, 7) is 0. The molecule has 0 spiro atoms. The first kappa shape index (κ1) is 21.4. The molecule has 5 nitrogen and oxygen atoms in total. The van der Waals surface area contributed by atoms with Gasteiger partial charge in [0, 0.05) is 17.4 Å². The Balaban J connectivity index is 1.42. The van der Waals surface area contributed by atoms with E-state index in [-0.39, 0.29) is 5.75 Å². The van der Waals surface area contributed by atoms with E-state index >= 15 is 0 Å². The molecule has 0 bridgehead atoms. The lowest BCUT2D eigenvalue weighted by atomic mass is 9.95. The second-order valence-electron chi connectivity index (χ2n) is 7.79. The standard InChI is InChI=1S/C23H30N2O3S/c26-23(18-29(27,28)17-7-10-19-8-3-1-4-9-19)25-22-15-13-21(14-16-22)24-20-11-5-2-6-12-20/h1,3-4,8-9,13-16,20,24H,2,5-7,10-12,17-18H2,(H,25,26). The van der Waals surface area contributed by atoms with E-state index in [1.54, 1.807) is 0 Å². The second-order valence-corrected chi connectivity index (χ2v) is 9.97. The maximum absolute atomic E-state index is 12.2. The lowest BCUT2D eigenvalue weighted by Crippen LogP contribution is -2.25. The molecule has 0 saturated heterocycles. The number of rotatable bonds is 9. The van der Waals surface area contributed by atoms with Crippen LogP contribution in [0, 0.1) is 0 Å². The minimum absolute atomic E-state index is 0.0135. The summed E-state index contributed by atoms with van der Waals surface area (Å²) in [7, 11) is -3.42. The van der Waals surface area contributed by atoms with Crippen molar-refractivity contribution in [1.82, 2.24) is 0 Å². The van der Waals surface area contributed by atoms with Gasteiger partial charge in [-0.2, -0.15) is 0 Å². The molecule has 0 unspecified atom stereocenters. The van der Waals surface area contributed by atoms with Crippen molar-refractivity contribution in [2.45, 2.75) is 51.0 Å². The molecule has 0 radical (unpaired) electrons. The molecule has 29 heavy (non-hydrogen) atoms. The van der Waals surface area contributed by atoms with Gasteiger partial charge >= 0.3 is 0 Å². The van der Waals surface area contributed by atoms with Crippen LogP contribution in [0.1, 0.15) is 44.1 Å². The molecule has 1 aliphatic rings. The molecule has 1 saturated carbocycles. The van der Waals surface area contributed by atoms with Crippen molar-refractivity contribution in [1.29, 1.82) is 0 Å². The third-order valence-electron chi connectivity index (χ3n) is 5.26. The minimum atomic E-state index is -3.42. The SMILES string of the molecule is O=C(CS(=O)(=O)CCCc1ccccc1)Nc1ccc(NC2CCCCC2)cc1. The third kappa shape index (κ3) is 7.54. The minimum Gasteiger partial charge on any atom is -0.382 e. The lowest BCUT2D eigenvalue weighted by molar-refractivity contribution is -0.113. The molecule has 1 aliphatic carbocycles. The van der Waals surface area contributed by atoms with E-state index in [0.29, 0.717) is 24.6 Å². The summed E-state index contributed by atoms with van der Waals surface area (Å²) in [5, 5.41) is 6.22. The van der Waals surface area contributed by atoms with E-state index in [0.717, 1.165) is 11.3 Å². The number of hydrogen-bond donors (Lipinski definition) is 2. The second kappa shape index (κ2) is 10.4. The van der Waals surface area contributed by atoms with Gasteiger partial charge in [0.1, 0.15) is 5.75 Å². The Hall–Kier alpha value is -2.34. The molecule has 0 atom stereocenters. The molecule has 1 amide bonds. The van der Waals surface area contributed by atoms with E-state index in [1.165, 1.54) is 32.1 Å². The van der Waals surface area contributed by atoms with Gasteiger partial charge in [-0.15, -0.1) is 0 Å². The first-order valence-electron chi connectivity index (χ1n) is 10.4. The average molecular weight is 415 g/mol. The van der Waals surface area contributed by atoms with Crippen LogP contribution in [0.25, 0.3) is 0 Å². The molecule has 2 aromatic carbocycles. The molecule has 2 aromatic rings. The van der Waals surface area contributed by atoms with Crippen LogP contribution >= 0.6 is 0 Å². The van der Waals surface area contributed by atoms with Crippen molar-refractivity contribution >= 4 is 27.1 Å². The predicted molar refractivity (Wildman–Crippen MR) is 119 cm³/mol. The van der Waals surface area contributed by atoms with Gasteiger partial charge in [0.15, 0.2) is 9.84 Å². The third-order valence-corrected chi connectivity index (χ3v) is 6.87. The fourth-order valence-corrected chi connectivity index (χ4v) is 4.94. The van der Waals surface area contributed by atoms with Crippen molar-refractivity contribution in [2.75, 3.05) is 22.1 Å². The number of aryl methyl sites for hydroxylation is 1. The number of sulfone groups is 1. The van der Waals surface area contributed by atoms with Crippen molar-refractivity contribution in [2.24, 2.45) is 0 Å². The van der Waals surface area contributed by atoms with Gasteiger partial charge in [-0.1, -0.05) is 49.6 Å². The molecular formula is C23H30N2O3S. The Kier molecular flexibility index (Phi) is 7.69. The van der Waals surface area contributed by atoms with E-state index in [9.17, 15) is 13.2 Å². The van der Waals surface area contributed by atoms with Crippen molar-refractivity contribution < 1.29 is 13.2 Å². The molecule has 1 fully saturated rings. The number of carbonyl (C=O) groups excluding carboxylic acids is 1. The summed E-state index contributed by atoms with van der Waals surface area (Å²) >= 11 is 0. The number of amides is 1. The van der Waals surface area contributed by atoms with Gasteiger partial charge in [0.2, 0.25) is 5.91 Å². The molecule has 0 heterocycles. The highest BCUT2D eigenvalue weighted by Crippen LogP contribution is 2.22. The number of carbonyl (C=O) groups is 1. The first-order valence-corrected chi connectivity index (χ1v) is 12.2. The quantitative estimate of drug-likeness (QED) is 0.637. The summed E-state index contributed by atoms with van der Waals surface area (Å²) < 4.78 is 24.5. The fourth-order valence-electron chi connectivity index (χ4n) is 3.74. The van der Waals surface area contributed by atoms with E-state index in [2.05, 4.69) is 10.6 Å². The highest BCUT2D eigenvalue weighted by Gasteiger charge is 2.17. The monoisotopic (exact) mass is 414 g/mol. The van der Waals surface area contributed by atoms with E-state index in [4.69, 9.17) is 0 Å². The zero-order valence-corrected chi connectivity index (χ0v) is 17.6. The van der Waals surface area contributed by atoms with Crippen molar-refractivity contribution in [3.05, 3.63) is 60.2 Å². The number of anilines is 2. The Morgan fingerprint density at radius 1 is 0.897 bits per heavy atom. The zero-order chi connectivity index (χ0) is 20.5. The lowest BCUT2D eigenvalue weighted by Gasteiger charge is -2.23. The molecule has 2 N–H and O–H groups in total. The molecule has 0 aromatic heterocycles. The van der Waals surface area contributed by atoms with Crippen LogP contribution in [-0.2, 0) is 21.1 Å². The molecule has 3 rings (SSSR count). The summed E-state index contributed by atoms with van der Waals surface area (Å²) in [6, 6.07) is 17.8. The Morgan fingerprint density at radius 2 is 1.55 bits per heavy atom. The van der Waals surface area contributed by atoms with Crippen molar-refractivity contribution in [3.63, 3.8) is 0 Å². The average Bonchev–Trinajstić information content (AvgIpc) is 2.70. The van der Waals surface area contributed by atoms with Gasteiger partial charge in [-0.05, 0) is 55.5 Å². The fraction of sp³-hybridized carbons (Fsp3) is 0.435. The Morgan fingerprint density at radius 3 is 2.24 bits per heavy atom. The molecule has 6 heteroatoms. The summed E-state index contributed by atoms with van der Waals surface area (Å²) in [5.41, 5.74) is 2.75. The topological polar surface area (TPSA) is 75.3 Å². The van der Waals surface area contributed by atoms with E-state index < -0.39 is 21.5 Å². The first-order chi connectivity index (χ1) is 14.0. The Labute approximate surface area is 173 Å². The van der Waals surface area contributed by atoms with Crippen LogP contribution in [0.3, 0.4) is 0 Å². The maximum atomic E-state index is 12.2. The normalized spacial score (nSPS) is 15.0. The summed E-state index contributed by atoms with van der Waals surface area (Å²) in [6.07, 6.45) is 7.45. The highest BCUT2D eigenvalue weighted by atomic mass is 32.2. The van der Waals surface area contributed by atoms with E-state index in [1.807, 2.05) is 54.6 Å². The van der Waals surface area contributed by atoms with Crippen LogP contribution in [-0.4, -0.2) is 31.9 Å². The van der Waals surface area contributed by atoms with Gasteiger partial charge in [0.25, 0.3) is 0 Å². The van der Waals surface area contributed by atoms with Gasteiger partial charge in [-0.25, -0.2) is 8.42 Å². The number of hydrogen-bond acceptors (Lipinski definition) is 4. The number of nitrogens with one attached hydrogen (secondary N) is 2. The van der Waals surface area contributed by atoms with Crippen LogP contribution in [0.5, 0.6) is 0 Å². The highest BCUT2D eigenvalue weighted by molar-refractivity contribution is 7.92.